The van der Waals surface area contributed by atoms with Crippen LogP contribution in [0, 0.1) is 6.92 Å². The van der Waals surface area contributed by atoms with Crippen molar-refractivity contribution in [3.8, 4) is 0 Å². The highest BCUT2D eigenvalue weighted by atomic mass is 32.2. The van der Waals surface area contributed by atoms with Crippen molar-refractivity contribution in [1.29, 1.82) is 0 Å². The lowest BCUT2D eigenvalue weighted by Crippen LogP contribution is -2.71. The Balaban J connectivity index is 1.35. The maximum atomic E-state index is 13.4. The van der Waals surface area contributed by atoms with Gasteiger partial charge in [-0.3, -0.25) is 24.7 Å². The smallest absolute Gasteiger partial charge is 0.352 e. The summed E-state index contributed by atoms with van der Waals surface area (Å²) >= 11 is 3.58. The van der Waals surface area contributed by atoms with E-state index in [1.165, 1.54) is 47.3 Å². The van der Waals surface area contributed by atoms with Crippen LogP contribution in [-0.4, -0.2) is 97.6 Å². The number of aliphatic carboxylic acids is 1. The van der Waals surface area contributed by atoms with E-state index in [9.17, 15) is 29.4 Å². The Hall–Kier alpha value is -4.31. The molecule has 1 saturated heterocycles. The normalized spacial score (nSPS) is 18.5. The van der Waals surface area contributed by atoms with Gasteiger partial charge in [0.15, 0.2) is 10.8 Å². The molecule has 3 amide bonds. The summed E-state index contributed by atoms with van der Waals surface area (Å²) in [5.74, 6) is 2.90. The van der Waals surface area contributed by atoms with Gasteiger partial charge in [-0.15, -0.1) is 40.0 Å². The molecule has 5 rings (SSSR count). The van der Waals surface area contributed by atoms with Gasteiger partial charge in [-0.05, 0) is 32.4 Å². The number of thioether (sulfide) groups is 2. The third-order valence-electron chi connectivity index (χ3n) is 6.55. The molecule has 238 valence electrons. The number of β-lactam (4-membered cyclic amide) rings is 1. The lowest BCUT2D eigenvalue weighted by Gasteiger charge is -2.49. The molecule has 1 fully saturated rings. The van der Waals surface area contributed by atoms with Gasteiger partial charge in [-0.25, -0.2) is 20.6 Å². The van der Waals surface area contributed by atoms with Crippen LogP contribution < -0.4 is 22.3 Å². The van der Waals surface area contributed by atoms with Gasteiger partial charge in [-0.1, -0.05) is 5.16 Å². The van der Waals surface area contributed by atoms with Crippen LogP contribution in [0.2, 0.25) is 0 Å². The summed E-state index contributed by atoms with van der Waals surface area (Å²) in [4.78, 5) is 70.0. The van der Waals surface area contributed by atoms with Crippen LogP contribution in [0.4, 0.5) is 5.13 Å². The first-order valence-electron chi connectivity index (χ1n) is 13.0. The standard InChI is InChI=1S/C24H27N11O7S3/c1-9-27-23-28-11(5-36)4-13(35(23)32-9)43-6-10-7-44-19-15(18(38)34(19)16(10)20(39)40)30-17(37)14(12-8-45-22(25)29-12)33-42-24(2,3)21(41)31-26/h4,8,15,19,36H,5-7,26H2,1-3H3,(H2,25,29)(H,30,37)(H,31,41)(H,39,40)/t15?,19-/m0/s1. The Morgan fingerprint density at radius 3 is 2.69 bits per heavy atom. The zero-order valence-electron chi connectivity index (χ0n) is 23.9. The molecule has 45 heavy (non-hydrogen) atoms. The largest absolute Gasteiger partial charge is 0.477 e. The van der Waals surface area contributed by atoms with E-state index >= 15 is 0 Å². The van der Waals surface area contributed by atoms with Crippen molar-refractivity contribution in [2.45, 2.75) is 49.4 Å². The summed E-state index contributed by atoms with van der Waals surface area (Å²) in [5, 5.41) is 31.9. The molecule has 3 aromatic rings. The minimum absolute atomic E-state index is 0.0430. The number of carbonyl (C=O) groups excluding carboxylic acids is 3. The number of nitrogen functional groups attached to an aromatic ring is 1. The van der Waals surface area contributed by atoms with Gasteiger partial charge in [0.25, 0.3) is 23.5 Å². The Labute approximate surface area is 266 Å². The first kappa shape index (κ1) is 32.1. The van der Waals surface area contributed by atoms with Crippen molar-refractivity contribution < 1.29 is 34.2 Å². The van der Waals surface area contributed by atoms with Crippen LogP contribution in [0.1, 0.15) is 31.1 Å². The zero-order valence-corrected chi connectivity index (χ0v) is 26.3. The SMILES string of the molecule is Cc1nc2nc(CO)cc(SCC3=C(C(=O)O)N4C(=O)C(NC(=O)C(=NOC(C)(C)C(=O)NN)c5csc(N)n5)[C@@H]4SC3)n2n1. The number of rotatable bonds is 11. The molecule has 2 aliphatic rings. The number of aryl methyl sites for hydroxylation is 1. The number of oxime groups is 1. The van der Waals surface area contributed by atoms with E-state index in [4.69, 9.17) is 16.4 Å². The van der Waals surface area contributed by atoms with Crippen LogP contribution in [0.25, 0.3) is 5.78 Å². The molecule has 0 bridgehead atoms. The van der Waals surface area contributed by atoms with Crippen molar-refractivity contribution >= 4 is 75.2 Å². The third-order valence-corrected chi connectivity index (χ3v) is 9.65. The molecular weight excluding hydrogens is 651 g/mol. The van der Waals surface area contributed by atoms with E-state index in [2.05, 4.69) is 30.5 Å². The van der Waals surface area contributed by atoms with Crippen molar-refractivity contribution in [3.63, 3.8) is 0 Å². The molecule has 0 saturated carbocycles. The van der Waals surface area contributed by atoms with Crippen molar-refractivity contribution in [2.75, 3.05) is 17.2 Å². The second kappa shape index (κ2) is 12.6. The Morgan fingerprint density at radius 1 is 1.29 bits per heavy atom. The molecule has 0 aliphatic carbocycles. The Morgan fingerprint density at radius 2 is 2.04 bits per heavy atom. The second-order valence-corrected chi connectivity index (χ2v) is 13.1. The number of nitrogens with two attached hydrogens (primary N) is 2. The van der Waals surface area contributed by atoms with Gasteiger partial charge < -0.3 is 26.1 Å². The summed E-state index contributed by atoms with van der Waals surface area (Å²) in [7, 11) is 0. The van der Waals surface area contributed by atoms with Crippen LogP contribution in [-0.2, 0) is 30.6 Å². The topological polar surface area (TPSA) is 266 Å². The highest BCUT2D eigenvalue weighted by Gasteiger charge is 2.54. The highest BCUT2D eigenvalue weighted by Crippen LogP contribution is 2.41. The van der Waals surface area contributed by atoms with Crippen molar-refractivity contribution in [3.05, 3.63) is 39.9 Å². The maximum Gasteiger partial charge on any atom is 0.352 e. The fraction of sp³-hybridized carbons (Fsp3) is 0.375. The van der Waals surface area contributed by atoms with E-state index in [0.717, 1.165) is 16.2 Å². The van der Waals surface area contributed by atoms with Gasteiger partial charge in [-0.2, -0.15) is 9.50 Å². The number of carbonyl (C=O) groups is 4. The van der Waals surface area contributed by atoms with Crippen LogP contribution in [0.15, 0.2) is 32.9 Å². The van der Waals surface area contributed by atoms with E-state index in [1.54, 1.807) is 13.0 Å². The van der Waals surface area contributed by atoms with Crippen LogP contribution in [0.5, 0.6) is 0 Å². The lowest BCUT2D eigenvalue weighted by molar-refractivity contribution is -0.150. The Bertz CT molecular complexity index is 1770. The first-order chi connectivity index (χ1) is 21.3. The fourth-order valence-electron chi connectivity index (χ4n) is 4.31. The first-order valence-corrected chi connectivity index (χ1v) is 15.9. The monoisotopic (exact) mass is 677 g/mol. The predicted molar refractivity (Wildman–Crippen MR) is 162 cm³/mol. The number of anilines is 1. The van der Waals surface area contributed by atoms with Gasteiger partial charge in [0, 0.05) is 16.9 Å². The number of fused-ring (bicyclic) bond motifs is 2. The molecule has 21 heteroatoms. The van der Waals surface area contributed by atoms with E-state index < -0.39 is 40.7 Å². The number of aromatic nitrogens is 5. The minimum Gasteiger partial charge on any atom is -0.477 e. The molecule has 1 unspecified atom stereocenters. The number of aliphatic hydroxyl groups is 1. The summed E-state index contributed by atoms with van der Waals surface area (Å²) < 4.78 is 1.50. The van der Waals surface area contributed by atoms with Crippen LogP contribution >= 0.6 is 34.9 Å². The number of hydrazine groups is 1. The van der Waals surface area contributed by atoms with Crippen LogP contribution in [0.3, 0.4) is 0 Å². The average molecular weight is 678 g/mol. The number of carboxylic acid groups (broad SMARTS) is 1. The van der Waals surface area contributed by atoms with Gasteiger partial charge >= 0.3 is 5.97 Å². The predicted octanol–water partition coefficient (Wildman–Crippen LogP) is -1.02. The molecule has 5 heterocycles. The fourth-order valence-corrected chi connectivity index (χ4v) is 7.36. The summed E-state index contributed by atoms with van der Waals surface area (Å²) in [6.07, 6.45) is 0. The number of amides is 3. The quantitative estimate of drug-likeness (QED) is 0.0270. The van der Waals surface area contributed by atoms with Gasteiger partial charge in [0.1, 0.15) is 33.7 Å². The minimum atomic E-state index is -1.56. The molecule has 0 radical (unpaired) electrons. The Kier molecular flexibility index (Phi) is 8.98. The second-order valence-electron chi connectivity index (χ2n) is 10.1. The van der Waals surface area contributed by atoms with E-state index in [-0.39, 0.29) is 40.3 Å². The molecule has 0 spiro atoms. The van der Waals surface area contributed by atoms with Crippen molar-refractivity contribution in [1.82, 2.24) is 40.2 Å². The summed E-state index contributed by atoms with van der Waals surface area (Å²) in [6, 6.07) is 0.548. The van der Waals surface area contributed by atoms with Gasteiger partial charge in [0.2, 0.25) is 5.60 Å². The number of thiazole rings is 1. The van der Waals surface area contributed by atoms with Gasteiger partial charge in [0.05, 0.1) is 12.3 Å². The molecular formula is C24H27N11O7S3. The molecule has 8 N–H and O–H groups in total. The number of hydrogen-bond acceptors (Lipinski definition) is 16. The highest BCUT2D eigenvalue weighted by molar-refractivity contribution is 8.01. The number of carboxylic acids is 1. The number of aliphatic hydroxyl groups excluding tert-OH is 1. The molecule has 3 aromatic heterocycles. The summed E-state index contributed by atoms with van der Waals surface area (Å²) in [6.45, 7) is 4.13. The number of nitrogens with zero attached hydrogens (tertiary/aromatic N) is 7. The summed E-state index contributed by atoms with van der Waals surface area (Å²) in [5.41, 5.74) is 6.48. The number of hydrogen-bond donors (Lipinski definition) is 6. The van der Waals surface area contributed by atoms with E-state index in [0.29, 0.717) is 27.9 Å². The molecule has 18 nitrogen and oxygen atoms in total. The molecule has 0 aromatic carbocycles. The van der Waals surface area contributed by atoms with E-state index in [1.807, 2.05) is 5.43 Å². The maximum absolute atomic E-state index is 13.4. The molecule has 2 atom stereocenters. The lowest BCUT2D eigenvalue weighted by atomic mass is 10.0. The third kappa shape index (κ3) is 6.29. The molecule has 2 aliphatic heterocycles. The van der Waals surface area contributed by atoms with Crippen molar-refractivity contribution in [2.24, 2.45) is 11.0 Å². The average Bonchev–Trinajstić information content (AvgIpc) is 3.61. The number of nitrogens with one attached hydrogen (secondary N) is 2. The zero-order chi connectivity index (χ0) is 32.6.